The number of rotatable bonds is 4. The zero-order chi connectivity index (χ0) is 22.6. The fourth-order valence-electron chi connectivity index (χ4n) is 4.65. The predicted molar refractivity (Wildman–Crippen MR) is 141 cm³/mol. The highest BCUT2D eigenvalue weighted by Crippen LogP contribution is 2.50. The number of hydrogen-bond acceptors (Lipinski definition) is 2. The van der Waals surface area contributed by atoms with E-state index < -0.39 is 10.0 Å². The molecule has 164 valence electrons. The summed E-state index contributed by atoms with van der Waals surface area (Å²) in [4.78, 5) is 6.57. The van der Waals surface area contributed by atoms with Crippen LogP contribution in [0.25, 0.3) is 44.1 Å². The van der Waals surface area contributed by atoms with Crippen molar-refractivity contribution in [1.82, 2.24) is 4.98 Å². The van der Waals surface area contributed by atoms with Crippen molar-refractivity contribution >= 4 is 42.9 Å². The molecule has 0 aliphatic carbocycles. The SMILES string of the molecule is Cc1cc(-c2cc(S(C)(C)C)c3cc(CC(C)C)ccc3n2)c2oc3ccccc3c2c1. The van der Waals surface area contributed by atoms with Crippen LogP contribution in [0.2, 0.25) is 0 Å². The lowest BCUT2D eigenvalue weighted by Crippen LogP contribution is -2.00. The molecule has 0 bridgehead atoms. The van der Waals surface area contributed by atoms with E-state index >= 15 is 0 Å². The molecule has 0 amide bonds. The summed E-state index contributed by atoms with van der Waals surface area (Å²) in [6.07, 6.45) is 8.20. The molecule has 0 aliphatic heterocycles. The molecule has 0 aliphatic rings. The molecule has 3 heteroatoms. The van der Waals surface area contributed by atoms with Crippen LogP contribution in [0.15, 0.2) is 70.0 Å². The predicted octanol–water partition coefficient (Wildman–Crippen LogP) is 8.36. The molecule has 2 heterocycles. The molecule has 5 aromatic rings. The Bertz CT molecular complexity index is 1470. The third kappa shape index (κ3) is 3.69. The van der Waals surface area contributed by atoms with Crippen LogP contribution in [0.4, 0.5) is 0 Å². The Morgan fingerprint density at radius 1 is 0.875 bits per heavy atom. The Kier molecular flexibility index (Phi) is 5.05. The van der Waals surface area contributed by atoms with Crippen molar-refractivity contribution in [3.8, 4) is 11.3 Å². The van der Waals surface area contributed by atoms with E-state index in [0.717, 1.165) is 45.1 Å². The highest BCUT2D eigenvalue weighted by atomic mass is 32.3. The summed E-state index contributed by atoms with van der Waals surface area (Å²) in [6, 6.07) is 21.9. The van der Waals surface area contributed by atoms with Crippen LogP contribution >= 0.6 is 10.0 Å². The van der Waals surface area contributed by atoms with Crippen molar-refractivity contribution in [2.75, 3.05) is 18.8 Å². The monoisotopic (exact) mass is 441 g/mol. The first-order chi connectivity index (χ1) is 15.2. The third-order valence-corrected chi connectivity index (χ3v) is 7.69. The van der Waals surface area contributed by atoms with Gasteiger partial charge in [-0.1, -0.05) is 38.1 Å². The number of nitrogens with zero attached hydrogens (tertiary/aromatic N) is 1. The summed E-state index contributed by atoms with van der Waals surface area (Å²) >= 11 is 0. The van der Waals surface area contributed by atoms with Gasteiger partial charge in [-0.15, -0.1) is 0 Å². The van der Waals surface area contributed by atoms with Crippen LogP contribution in [0.1, 0.15) is 25.0 Å². The van der Waals surface area contributed by atoms with E-state index in [1.54, 1.807) is 0 Å². The molecule has 3 aromatic carbocycles. The topological polar surface area (TPSA) is 26.0 Å². The average molecular weight is 442 g/mol. The van der Waals surface area contributed by atoms with Gasteiger partial charge < -0.3 is 4.42 Å². The van der Waals surface area contributed by atoms with Gasteiger partial charge in [-0.3, -0.25) is 0 Å². The first kappa shape index (κ1) is 21.1. The van der Waals surface area contributed by atoms with E-state index in [9.17, 15) is 0 Å². The fourth-order valence-corrected chi connectivity index (χ4v) is 5.94. The third-order valence-electron chi connectivity index (χ3n) is 6.04. The second-order valence-corrected chi connectivity index (χ2v) is 14.2. The van der Waals surface area contributed by atoms with E-state index in [0.29, 0.717) is 5.92 Å². The Hall–Kier alpha value is -2.78. The number of pyridine rings is 1. The second kappa shape index (κ2) is 7.67. The number of furan rings is 1. The molecule has 0 saturated heterocycles. The first-order valence-corrected chi connectivity index (χ1v) is 14.1. The van der Waals surface area contributed by atoms with E-state index in [4.69, 9.17) is 9.40 Å². The molecule has 2 aromatic heterocycles. The standard InChI is InChI=1S/C29H31NOS/c1-18(2)13-20-11-12-25-23(16-20)28(32(4,5)6)17-26(30-25)24-15-19(3)14-22-21-9-7-8-10-27(21)31-29(22)24/h7-12,14-18H,13H2,1-6H3. The summed E-state index contributed by atoms with van der Waals surface area (Å²) in [5.74, 6) is 0.638. The van der Waals surface area contributed by atoms with Gasteiger partial charge in [0.15, 0.2) is 0 Å². The highest BCUT2D eigenvalue weighted by Gasteiger charge is 2.19. The van der Waals surface area contributed by atoms with Gasteiger partial charge >= 0.3 is 0 Å². The van der Waals surface area contributed by atoms with Gasteiger partial charge in [0, 0.05) is 26.6 Å². The quantitative estimate of drug-likeness (QED) is 0.280. The molecule has 0 N–H and O–H groups in total. The molecule has 0 unspecified atom stereocenters. The van der Waals surface area contributed by atoms with Gasteiger partial charge in [-0.25, -0.2) is 15.0 Å². The lowest BCUT2D eigenvalue weighted by molar-refractivity contribution is 0.647. The van der Waals surface area contributed by atoms with Crippen molar-refractivity contribution in [2.45, 2.75) is 32.1 Å². The molecule has 0 saturated carbocycles. The lowest BCUT2D eigenvalue weighted by atomic mass is 9.99. The maximum Gasteiger partial charge on any atom is 0.144 e. The van der Waals surface area contributed by atoms with Gasteiger partial charge in [-0.05, 0) is 85.6 Å². The van der Waals surface area contributed by atoms with Gasteiger partial charge in [0.05, 0.1) is 11.2 Å². The number of aryl methyl sites for hydroxylation is 1. The normalized spacial score (nSPS) is 13.0. The summed E-state index contributed by atoms with van der Waals surface area (Å²) in [6.45, 7) is 6.70. The van der Waals surface area contributed by atoms with Crippen LogP contribution in [0, 0.1) is 12.8 Å². The minimum atomic E-state index is -0.964. The van der Waals surface area contributed by atoms with Crippen LogP contribution in [-0.4, -0.2) is 23.8 Å². The Morgan fingerprint density at radius 3 is 2.41 bits per heavy atom. The maximum absolute atomic E-state index is 6.36. The first-order valence-electron chi connectivity index (χ1n) is 11.2. The summed E-state index contributed by atoms with van der Waals surface area (Å²) < 4.78 is 6.36. The smallest absolute Gasteiger partial charge is 0.144 e. The van der Waals surface area contributed by atoms with Crippen molar-refractivity contribution in [2.24, 2.45) is 5.92 Å². The van der Waals surface area contributed by atoms with Gasteiger partial charge in [0.1, 0.15) is 11.2 Å². The molecular formula is C29H31NOS. The van der Waals surface area contributed by atoms with E-state index in [-0.39, 0.29) is 0 Å². The lowest BCUT2D eigenvalue weighted by Gasteiger charge is -2.28. The van der Waals surface area contributed by atoms with Crippen LogP contribution < -0.4 is 0 Å². The number of hydrogen-bond donors (Lipinski definition) is 0. The molecule has 0 fully saturated rings. The minimum Gasteiger partial charge on any atom is -0.455 e. The zero-order valence-electron chi connectivity index (χ0n) is 19.8. The van der Waals surface area contributed by atoms with E-state index in [2.05, 4.69) is 88.1 Å². The van der Waals surface area contributed by atoms with Crippen molar-refractivity contribution < 1.29 is 4.42 Å². The summed E-state index contributed by atoms with van der Waals surface area (Å²) in [5.41, 5.74) is 7.61. The fraction of sp³-hybridized carbons (Fsp3) is 0.276. The number of benzene rings is 3. The van der Waals surface area contributed by atoms with Crippen LogP contribution in [-0.2, 0) is 6.42 Å². The molecule has 2 nitrogen and oxygen atoms in total. The molecule has 5 rings (SSSR count). The van der Waals surface area contributed by atoms with Crippen molar-refractivity contribution in [3.05, 3.63) is 71.8 Å². The number of para-hydroxylation sites is 1. The van der Waals surface area contributed by atoms with Gasteiger partial charge in [0.2, 0.25) is 0 Å². The molecule has 0 radical (unpaired) electrons. The maximum atomic E-state index is 6.36. The number of fused-ring (bicyclic) bond motifs is 4. The largest absolute Gasteiger partial charge is 0.455 e. The Morgan fingerprint density at radius 2 is 1.66 bits per heavy atom. The van der Waals surface area contributed by atoms with Gasteiger partial charge in [-0.2, -0.15) is 0 Å². The molecule has 32 heavy (non-hydrogen) atoms. The molecule has 0 spiro atoms. The van der Waals surface area contributed by atoms with Gasteiger partial charge in [0.25, 0.3) is 0 Å². The van der Waals surface area contributed by atoms with Crippen molar-refractivity contribution in [3.63, 3.8) is 0 Å². The summed E-state index contributed by atoms with van der Waals surface area (Å²) in [5, 5.41) is 3.62. The molecular weight excluding hydrogens is 410 g/mol. The Labute approximate surface area is 192 Å². The van der Waals surface area contributed by atoms with E-state index in [1.807, 2.05) is 12.1 Å². The molecule has 0 atom stereocenters. The minimum absolute atomic E-state index is 0.638. The number of aromatic nitrogens is 1. The average Bonchev–Trinajstić information content (AvgIpc) is 3.10. The zero-order valence-corrected chi connectivity index (χ0v) is 20.6. The highest BCUT2D eigenvalue weighted by molar-refractivity contribution is 8.32. The second-order valence-electron chi connectivity index (χ2n) is 10.1. The van der Waals surface area contributed by atoms with Crippen molar-refractivity contribution in [1.29, 1.82) is 0 Å². The Balaban J connectivity index is 1.80. The van der Waals surface area contributed by atoms with E-state index in [1.165, 1.54) is 21.4 Å². The summed E-state index contributed by atoms with van der Waals surface area (Å²) in [7, 11) is -0.964. The van der Waals surface area contributed by atoms with Crippen LogP contribution in [0.3, 0.4) is 0 Å². The van der Waals surface area contributed by atoms with Crippen LogP contribution in [0.5, 0.6) is 0 Å².